The van der Waals surface area contributed by atoms with Crippen molar-refractivity contribution >= 4 is 11.8 Å². The van der Waals surface area contributed by atoms with Crippen LogP contribution < -0.4 is 16.4 Å². The van der Waals surface area contributed by atoms with Crippen molar-refractivity contribution in [1.82, 2.24) is 20.1 Å². The zero-order chi connectivity index (χ0) is 13.7. The summed E-state index contributed by atoms with van der Waals surface area (Å²) in [6.45, 7) is 7.16. The third-order valence-corrected chi connectivity index (χ3v) is 3.99. The Hall–Kier alpha value is -1.08. The first-order chi connectivity index (χ1) is 8.49. The molecule has 0 radical (unpaired) electrons. The Bertz CT molecular complexity index is 497. The van der Waals surface area contributed by atoms with Crippen LogP contribution >= 0.6 is 11.8 Å². The number of hydrogen-bond donors (Lipinski definition) is 2. The number of nitrogens with zero attached hydrogens (tertiary/aromatic N) is 2. The lowest BCUT2D eigenvalue weighted by Gasteiger charge is -2.22. The molecule has 1 rings (SSSR count). The fourth-order valence-corrected chi connectivity index (χ4v) is 2.84. The topological polar surface area (TPSA) is 79.8 Å². The first-order valence-corrected chi connectivity index (χ1v) is 6.94. The van der Waals surface area contributed by atoms with Crippen LogP contribution in [0.5, 0.6) is 0 Å². The minimum atomic E-state index is -0.737. The van der Waals surface area contributed by atoms with Crippen molar-refractivity contribution in [1.29, 1.82) is 0 Å². The van der Waals surface area contributed by atoms with E-state index < -0.39 is 11.1 Å². The summed E-state index contributed by atoms with van der Waals surface area (Å²) < 4.78 is 1.49. The first kappa shape index (κ1) is 15.0. The second-order valence-electron chi connectivity index (χ2n) is 4.09. The van der Waals surface area contributed by atoms with Crippen LogP contribution in [0, 0.1) is 0 Å². The highest BCUT2D eigenvalue weighted by Gasteiger charge is 2.17. The van der Waals surface area contributed by atoms with Gasteiger partial charge in [-0.15, -0.1) is 0 Å². The van der Waals surface area contributed by atoms with Gasteiger partial charge in [-0.3, -0.25) is 19.4 Å². The normalized spacial score (nSPS) is 14.4. The Morgan fingerprint density at radius 2 is 2.11 bits per heavy atom. The molecule has 0 aliphatic carbocycles. The summed E-state index contributed by atoms with van der Waals surface area (Å²) in [6.07, 6.45) is 0.999. The van der Waals surface area contributed by atoms with Crippen LogP contribution in [0.25, 0.3) is 0 Å². The molecule has 1 heterocycles. The van der Waals surface area contributed by atoms with Crippen molar-refractivity contribution in [3.05, 3.63) is 20.7 Å². The Morgan fingerprint density at radius 3 is 2.67 bits per heavy atom. The molecule has 0 aliphatic heterocycles. The van der Waals surface area contributed by atoms with E-state index in [9.17, 15) is 9.59 Å². The summed E-state index contributed by atoms with van der Waals surface area (Å²) in [5.41, 5.74) is -1.42. The maximum Gasteiger partial charge on any atom is 0.339 e. The van der Waals surface area contributed by atoms with Gasteiger partial charge in [-0.25, -0.2) is 0 Å². The molecule has 7 heteroatoms. The number of rotatable bonds is 6. The van der Waals surface area contributed by atoms with Gasteiger partial charge in [0.25, 0.3) is 0 Å². The first-order valence-electron chi connectivity index (χ1n) is 6.07. The molecule has 6 nitrogen and oxygen atoms in total. The van der Waals surface area contributed by atoms with Crippen LogP contribution in [-0.4, -0.2) is 32.6 Å². The van der Waals surface area contributed by atoms with E-state index in [0.717, 1.165) is 13.0 Å². The van der Waals surface area contributed by atoms with E-state index in [4.69, 9.17) is 0 Å². The third-order valence-electron chi connectivity index (χ3n) is 2.71. The summed E-state index contributed by atoms with van der Waals surface area (Å²) >= 11 is 1.48. The molecule has 0 aliphatic rings. The van der Waals surface area contributed by atoms with Crippen LogP contribution in [0.1, 0.15) is 27.2 Å². The third kappa shape index (κ3) is 3.71. The lowest BCUT2D eigenvalue weighted by molar-refractivity contribution is 0.505. The minimum Gasteiger partial charge on any atom is -0.313 e. The zero-order valence-electron chi connectivity index (χ0n) is 11.2. The zero-order valence-corrected chi connectivity index (χ0v) is 12.0. The summed E-state index contributed by atoms with van der Waals surface area (Å²) in [5, 5.41) is 6.63. The molecule has 0 amide bonds. The molecule has 0 spiro atoms. The molecule has 18 heavy (non-hydrogen) atoms. The predicted octanol–water partition coefficient (Wildman–Crippen LogP) is 0.337. The van der Waals surface area contributed by atoms with Gasteiger partial charge in [0, 0.05) is 18.3 Å². The molecule has 102 valence electrons. The number of aryl methyl sites for hydroxylation is 1. The van der Waals surface area contributed by atoms with Crippen molar-refractivity contribution in [3.63, 3.8) is 0 Å². The summed E-state index contributed by atoms with van der Waals surface area (Å²) in [7, 11) is 1.68. The van der Waals surface area contributed by atoms with Crippen molar-refractivity contribution in [3.8, 4) is 0 Å². The summed E-state index contributed by atoms with van der Waals surface area (Å²) in [4.78, 5) is 26.1. The number of H-pyrrole nitrogens is 1. The standard InChI is InChI=1S/C11H20N4O2S/c1-5-8(12-6-2)7(3)18-11-13-9(16)10(17)14-15(11)4/h7-8,12H,5-6H2,1-4H3,(H,14,17). The highest BCUT2D eigenvalue weighted by molar-refractivity contribution is 7.99. The van der Waals surface area contributed by atoms with Gasteiger partial charge in [-0.1, -0.05) is 32.5 Å². The van der Waals surface area contributed by atoms with Gasteiger partial charge in [0.1, 0.15) is 0 Å². The average molecular weight is 272 g/mol. The molecule has 0 fully saturated rings. The lowest BCUT2D eigenvalue weighted by atomic mass is 10.2. The van der Waals surface area contributed by atoms with Gasteiger partial charge in [-0.2, -0.15) is 4.98 Å². The monoisotopic (exact) mass is 272 g/mol. The fourth-order valence-electron chi connectivity index (χ4n) is 1.72. The number of hydrogen-bond acceptors (Lipinski definition) is 5. The highest BCUT2D eigenvalue weighted by Crippen LogP contribution is 2.22. The highest BCUT2D eigenvalue weighted by atomic mass is 32.2. The maximum atomic E-state index is 11.2. The van der Waals surface area contributed by atoms with E-state index in [2.05, 4.69) is 36.2 Å². The van der Waals surface area contributed by atoms with Crippen LogP contribution in [0.3, 0.4) is 0 Å². The second kappa shape index (κ2) is 6.75. The van der Waals surface area contributed by atoms with Crippen LogP contribution in [0.4, 0.5) is 0 Å². The number of nitrogens with one attached hydrogen (secondary N) is 2. The molecule has 0 aromatic carbocycles. The van der Waals surface area contributed by atoms with Crippen LogP contribution in [-0.2, 0) is 7.05 Å². The number of aromatic nitrogens is 3. The molecule has 2 unspecified atom stereocenters. The second-order valence-corrected chi connectivity index (χ2v) is 5.44. The lowest BCUT2D eigenvalue weighted by Crippen LogP contribution is -2.37. The van der Waals surface area contributed by atoms with E-state index >= 15 is 0 Å². The van der Waals surface area contributed by atoms with Crippen molar-refractivity contribution in [2.24, 2.45) is 7.05 Å². The number of aromatic amines is 1. The van der Waals surface area contributed by atoms with Gasteiger partial charge in [-0.05, 0) is 13.0 Å². The molecular weight excluding hydrogens is 252 g/mol. The Balaban J connectivity index is 2.87. The Morgan fingerprint density at radius 1 is 1.44 bits per heavy atom. The van der Waals surface area contributed by atoms with Gasteiger partial charge >= 0.3 is 11.1 Å². The van der Waals surface area contributed by atoms with E-state index in [1.54, 1.807) is 7.05 Å². The molecule has 2 atom stereocenters. The van der Waals surface area contributed by atoms with Gasteiger partial charge in [0.05, 0.1) is 0 Å². The summed E-state index contributed by atoms with van der Waals surface area (Å²) in [5.74, 6) is 0. The molecule has 1 aromatic heterocycles. The fraction of sp³-hybridized carbons (Fsp3) is 0.727. The summed E-state index contributed by atoms with van der Waals surface area (Å²) in [6, 6.07) is 0.351. The van der Waals surface area contributed by atoms with E-state index in [1.165, 1.54) is 16.4 Å². The molecule has 0 bridgehead atoms. The van der Waals surface area contributed by atoms with Crippen molar-refractivity contribution in [2.75, 3.05) is 6.54 Å². The Labute approximate surface area is 110 Å². The van der Waals surface area contributed by atoms with Crippen LogP contribution in [0.15, 0.2) is 14.7 Å². The van der Waals surface area contributed by atoms with Gasteiger partial charge in [0.15, 0.2) is 5.16 Å². The molecule has 0 saturated heterocycles. The number of thioether (sulfide) groups is 1. The predicted molar refractivity (Wildman–Crippen MR) is 73.2 cm³/mol. The molecular formula is C11H20N4O2S. The maximum absolute atomic E-state index is 11.2. The average Bonchev–Trinajstić information content (AvgIpc) is 2.32. The van der Waals surface area contributed by atoms with E-state index in [1.807, 2.05) is 0 Å². The van der Waals surface area contributed by atoms with E-state index in [-0.39, 0.29) is 5.25 Å². The van der Waals surface area contributed by atoms with Crippen LogP contribution in [0.2, 0.25) is 0 Å². The quantitative estimate of drug-likeness (QED) is 0.576. The largest absolute Gasteiger partial charge is 0.339 e. The van der Waals surface area contributed by atoms with Gasteiger partial charge in [0.2, 0.25) is 0 Å². The molecule has 2 N–H and O–H groups in total. The van der Waals surface area contributed by atoms with Crippen molar-refractivity contribution < 1.29 is 0 Å². The SMILES string of the molecule is CCNC(CC)C(C)Sc1nc(=O)c(=O)[nH]n1C. The molecule has 1 aromatic rings. The van der Waals surface area contributed by atoms with Gasteiger partial charge < -0.3 is 5.32 Å². The van der Waals surface area contributed by atoms with E-state index in [0.29, 0.717) is 11.2 Å². The Kier molecular flexibility index (Phi) is 5.61. The minimum absolute atomic E-state index is 0.263. The molecule has 0 saturated carbocycles. The smallest absolute Gasteiger partial charge is 0.313 e. The van der Waals surface area contributed by atoms with Crippen molar-refractivity contribution in [2.45, 2.75) is 43.6 Å².